The van der Waals surface area contributed by atoms with Gasteiger partial charge in [-0.25, -0.2) is 19.2 Å². The molecule has 0 unspecified atom stereocenters. The maximum absolute atomic E-state index is 13.5. The number of nitrogens with zero attached hydrogens (tertiary/aromatic N) is 3. The lowest BCUT2D eigenvalue weighted by Crippen LogP contribution is -2.04. The number of anilines is 1. The van der Waals surface area contributed by atoms with Gasteiger partial charge in [-0.3, -0.25) is 4.40 Å². The molecule has 0 spiro atoms. The number of halogens is 1. The van der Waals surface area contributed by atoms with Gasteiger partial charge >= 0.3 is 5.97 Å². The van der Waals surface area contributed by atoms with Gasteiger partial charge in [0, 0.05) is 6.07 Å². The molecule has 3 N–H and O–H groups in total. The van der Waals surface area contributed by atoms with E-state index in [1.165, 1.54) is 18.6 Å². The number of nitrogen functional groups attached to an aromatic ring is 1. The summed E-state index contributed by atoms with van der Waals surface area (Å²) in [4.78, 5) is 18.8. The van der Waals surface area contributed by atoms with Gasteiger partial charge < -0.3 is 10.8 Å². The highest BCUT2D eigenvalue weighted by atomic mass is 19.1. The van der Waals surface area contributed by atoms with Crippen LogP contribution in [-0.2, 0) is 0 Å². The van der Waals surface area contributed by atoms with Gasteiger partial charge in [0.1, 0.15) is 17.2 Å². The Morgan fingerprint density at radius 2 is 2.17 bits per heavy atom. The zero-order chi connectivity index (χ0) is 12.9. The van der Waals surface area contributed by atoms with Crippen molar-refractivity contribution in [3.63, 3.8) is 0 Å². The normalized spacial score (nSPS) is 11.2. The van der Waals surface area contributed by atoms with Crippen molar-refractivity contribution in [3.05, 3.63) is 36.0 Å². The van der Waals surface area contributed by atoms with Crippen LogP contribution in [0.15, 0.2) is 24.7 Å². The highest BCUT2D eigenvalue weighted by molar-refractivity contribution is 5.94. The van der Waals surface area contributed by atoms with E-state index in [0.717, 1.165) is 6.07 Å². The van der Waals surface area contributed by atoms with Crippen molar-refractivity contribution in [2.24, 2.45) is 0 Å². The Bertz CT molecular complexity index is 796. The third-order valence-electron chi connectivity index (χ3n) is 2.70. The minimum absolute atomic E-state index is 0.211. The Labute approximate surface area is 99.5 Å². The fourth-order valence-electron chi connectivity index (χ4n) is 1.86. The number of fused-ring (bicyclic) bond motifs is 3. The van der Waals surface area contributed by atoms with Gasteiger partial charge in [-0.05, 0) is 6.07 Å². The summed E-state index contributed by atoms with van der Waals surface area (Å²) < 4.78 is 15.1. The first-order valence-corrected chi connectivity index (χ1v) is 5.02. The zero-order valence-electron chi connectivity index (χ0n) is 8.96. The molecule has 0 fully saturated rings. The molecule has 18 heavy (non-hydrogen) atoms. The summed E-state index contributed by atoms with van der Waals surface area (Å²) in [6.45, 7) is 0. The Balaban J connectivity index is 2.52. The van der Waals surface area contributed by atoms with Gasteiger partial charge in [0.25, 0.3) is 0 Å². The number of hydrogen-bond acceptors (Lipinski definition) is 4. The van der Waals surface area contributed by atoms with Crippen molar-refractivity contribution < 1.29 is 14.3 Å². The van der Waals surface area contributed by atoms with Crippen molar-refractivity contribution in [3.8, 4) is 0 Å². The van der Waals surface area contributed by atoms with Gasteiger partial charge in [0.05, 0.1) is 29.1 Å². The molecule has 6 nitrogen and oxygen atoms in total. The number of hydrogen-bond donors (Lipinski definition) is 2. The fraction of sp³-hybridized carbons (Fsp3) is 0. The van der Waals surface area contributed by atoms with E-state index in [1.54, 1.807) is 4.40 Å². The minimum atomic E-state index is -1.33. The molecule has 0 radical (unpaired) electrons. The summed E-state index contributed by atoms with van der Waals surface area (Å²) in [7, 11) is 0. The van der Waals surface area contributed by atoms with Crippen LogP contribution in [0.1, 0.15) is 10.4 Å². The average Bonchev–Trinajstić information content (AvgIpc) is 2.77. The summed E-state index contributed by atoms with van der Waals surface area (Å²) in [6.07, 6.45) is 2.98. The van der Waals surface area contributed by atoms with Crippen LogP contribution >= 0.6 is 0 Å². The summed E-state index contributed by atoms with van der Waals surface area (Å²) in [5.41, 5.74) is 6.56. The predicted molar refractivity (Wildman–Crippen MR) is 61.8 cm³/mol. The summed E-state index contributed by atoms with van der Waals surface area (Å²) in [5.74, 6) is -1.97. The van der Waals surface area contributed by atoms with E-state index in [2.05, 4.69) is 9.97 Å². The first-order chi connectivity index (χ1) is 8.58. The van der Waals surface area contributed by atoms with E-state index >= 15 is 0 Å². The second kappa shape index (κ2) is 3.39. The summed E-state index contributed by atoms with van der Waals surface area (Å²) in [5, 5.41) is 8.89. The number of aromatic nitrogens is 3. The minimum Gasteiger partial charge on any atom is -0.478 e. The van der Waals surface area contributed by atoms with Gasteiger partial charge in [-0.2, -0.15) is 0 Å². The van der Waals surface area contributed by atoms with Crippen LogP contribution in [0.2, 0.25) is 0 Å². The van der Waals surface area contributed by atoms with Crippen molar-refractivity contribution in [1.82, 2.24) is 14.4 Å². The van der Waals surface area contributed by atoms with E-state index in [0.29, 0.717) is 11.0 Å². The first kappa shape index (κ1) is 10.5. The number of rotatable bonds is 1. The molecule has 0 amide bonds. The number of imidazole rings is 1. The molecule has 0 saturated carbocycles. The SMILES string of the molecule is Nc1nc2cc(F)c(C(=O)O)cc2n2cncc12. The van der Waals surface area contributed by atoms with E-state index in [-0.39, 0.29) is 11.3 Å². The second-order valence-corrected chi connectivity index (χ2v) is 3.77. The van der Waals surface area contributed by atoms with Gasteiger partial charge in [-0.1, -0.05) is 0 Å². The Kier molecular flexibility index (Phi) is 1.97. The van der Waals surface area contributed by atoms with E-state index < -0.39 is 17.3 Å². The smallest absolute Gasteiger partial charge is 0.338 e. The predicted octanol–water partition coefficient (Wildman–Crippen LogP) is 1.30. The molecule has 90 valence electrons. The third kappa shape index (κ3) is 1.30. The Hall–Kier alpha value is -2.70. The molecule has 0 saturated heterocycles. The molecular weight excluding hydrogens is 239 g/mol. The first-order valence-electron chi connectivity index (χ1n) is 5.02. The zero-order valence-corrected chi connectivity index (χ0v) is 8.96. The molecular formula is C11H7FN4O2. The molecule has 0 aliphatic heterocycles. The van der Waals surface area contributed by atoms with Crippen LogP contribution in [0.3, 0.4) is 0 Å². The molecule has 3 rings (SSSR count). The van der Waals surface area contributed by atoms with Gasteiger partial charge in [0.15, 0.2) is 0 Å². The summed E-state index contributed by atoms with van der Waals surface area (Å²) in [6, 6.07) is 2.27. The van der Waals surface area contributed by atoms with Crippen molar-refractivity contribution in [2.45, 2.75) is 0 Å². The van der Waals surface area contributed by atoms with Crippen LogP contribution < -0.4 is 5.73 Å². The molecule has 0 aliphatic rings. The lowest BCUT2D eigenvalue weighted by molar-refractivity contribution is 0.0692. The lowest BCUT2D eigenvalue weighted by atomic mass is 10.1. The lowest BCUT2D eigenvalue weighted by Gasteiger charge is -2.06. The fourth-order valence-corrected chi connectivity index (χ4v) is 1.86. The maximum atomic E-state index is 13.5. The Morgan fingerprint density at radius 1 is 1.39 bits per heavy atom. The number of carboxylic acids is 1. The highest BCUT2D eigenvalue weighted by Gasteiger charge is 2.15. The third-order valence-corrected chi connectivity index (χ3v) is 2.70. The van der Waals surface area contributed by atoms with Crippen LogP contribution in [-0.4, -0.2) is 25.4 Å². The largest absolute Gasteiger partial charge is 0.478 e. The Morgan fingerprint density at radius 3 is 2.89 bits per heavy atom. The average molecular weight is 246 g/mol. The number of aromatic carboxylic acids is 1. The second-order valence-electron chi connectivity index (χ2n) is 3.77. The van der Waals surface area contributed by atoms with E-state index in [4.69, 9.17) is 10.8 Å². The maximum Gasteiger partial charge on any atom is 0.338 e. The number of nitrogens with two attached hydrogens (primary N) is 1. The molecule has 0 aliphatic carbocycles. The number of benzene rings is 1. The van der Waals surface area contributed by atoms with Crippen LogP contribution in [0.25, 0.3) is 16.6 Å². The van der Waals surface area contributed by atoms with Crippen molar-refractivity contribution in [1.29, 1.82) is 0 Å². The monoisotopic (exact) mass is 246 g/mol. The van der Waals surface area contributed by atoms with Gasteiger partial charge in [0.2, 0.25) is 0 Å². The van der Waals surface area contributed by atoms with E-state index in [9.17, 15) is 9.18 Å². The van der Waals surface area contributed by atoms with Crippen molar-refractivity contribution >= 4 is 28.3 Å². The quantitative estimate of drug-likeness (QED) is 0.675. The molecule has 3 aromatic rings. The topological polar surface area (TPSA) is 93.5 Å². The van der Waals surface area contributed by atoms with Crippen LogP contribution in [0.4, 0.5) is 10.2 Å². The number of carbonyl (C=O) groups is 1. The van der Waals surface area contributed by atoms with Crippen LogP contribution in [0, 0.1) is 5.82 Å². The number of carboxylic acid groups (broad SMARTS) is 1. The molecule has 2 aromatic heterocycles. The van der Waals surface area contributed by atoms with Gasteiger partial charge in [-0.15, -0.1) is 0 Å². The molecule has 7 heteroatoms. The summed E-state index contributed by atoms with van der Waals surface area (Å²) >= 11 is 0. The highest BCUT2D eigenvalue weighted by Crippen LogP contribution is 2.22. The molecule has 1 aromatic carbocycles. The molecule has 2 heterocycles. The molecule has 0 bridgehead atoms. The van der Waals surface area contributed by atoms with Crippen LogP contribution in [0.5, 0.6) is 0 Å². The van der Waals surface area contributed by atoms with Crippen molar-refractivity contribution in [2.75, 3.05) is 5.73 Å². The standard InChI is InChI=1S/C11H7FN4O2/c12-6-2-7-8(1-5(6)11(17)18)16-4-14-3-9(16)10(13)15-7/h1-4H,(H2,13,15)(H,17,18). The molecule has 0 atom stereocenters. The van der Waals surface area contributed by atoms with E-state index in [1.807, 2.05) is 0 Å².